The molecule has 0 radical (unpaired) electrons. The number of rotatable bonds is 6. The molecule has 0 unspecified atom stereocenters. The molecule has 0 saturated heterocycles. The number of nitrogens with two attached hydrogens (primary N) is 1. The summed E-state index contributed by atoms with van der Waals surface area (Å²) in [5, 5.41) is 9.27. The van der Waals surface area contributed by atoms with Crippen molar-refractivity contribution in [3.05, 3.63) is 59.2 Å². The number of methoxy groups -OCH3 is 1. The first kappa shape index (κ1) is 15.3. The van der Waals surface area contributed by atoms with Gasteiger partial charge in [0.05, 0.1) is 19.3 Å². The van der Waals surface area contributed by atoms with Crippen molar-refractivity contribution in [1.82, 2.24) is 0 Å². The summed E-state index contributed by atoms with van der Waals surface area (Å²) in [7, 11) is 1.57. The number of benzene rings is 2. The van der Waals surface area contributed by atoms with Crippen molar-refractivity contribution in [2.45, 2.75) is 13.2 Å². The fourth-order valence-corrected chi connectivity index (χ4v) is 2.13. The Labute approximate surface area is 129 Å². The van der Waals surface area contributed by atoms with Crippen LogP contribution in [0.2, 0.25) is 0 Å². The third kappa shape index (κ3) is 3.71. The summed E-state index contributed by atoms with van der Waals surface area (Å²) in [6, 6.07) is 12.9. The molecule has 21 heavy (non-hydrogen) atoms. The highest BCUT2D eigenvalue weighted by molar-refractivity contribution is 7.80. The first-order valence-electron chi connectivity index (χ1n) is 6.44. The molecule has 110 valence electrons. The summed E-state index contributed by atoms with van der Waals surface area (Å²) in [6.07, 6.45) is 0. The second-order valence-corrected chi connectivity index (χ2v) is 4.89. The molecule has 2 aromatic carbocycles. The Kier molecular flexibility index (Phi) is 5.14. The Morgan fingerprint density at radius 1 is 1.19 bits per heavy atom. The van der Waals surface area contributed by atoms with Gasteiger partial charge in [-0.15, -0.1) is 0 Å². The van der Waals surface area contributed by atoms with E-state index < -0.39 is 0 Å². The van der Waals surface area contributed by atoms with E-state index in [4.69, 9.17) is 27.4 Å². The molecule has 0 atom stereocenters. The lowest BCUT2D eigenvalue weighted by atomic mass is 10.1. The van der Waals surface area contributed by atoms with E-state index in [-0.39, 0.29) is 6.61 Å². The monoisotopic (exact) mass is 303 g/mol. The third-order valence-electron chi connectivity index (χ3n) is 3.07. The SMILES string of the molecule is COc1cc(COc2ccccc2CO)ccc1C(N)=S. The van der Waals surface area contributed by atoms with Crippen LogP contribution < -0.4 is 15.2 Å². The van der Waals surface area contributed by atoms with Crippen molar-refractivity contribution in [2.75, 3.05) is 7.11 Å². The summed E-state index contributed by atoms with van der Waals surface area (Å²) < 4.78 is 11.0. The number of ether oxygens (including phenoxy) is 2. The molecule has 0 amide bonds. The first-order valence-corrected chi connectivity index (χ1v) is 6.84. The van der Waals surface area contributed by atoms with Gasteiger partial charge in [0.25, 0.3) is 0 Å². The van der Waals surface area contributed by atoms with E-state index in [1.54, 1.807) is 7.11 Å². The van der Waals surface area contributed by atoms with Gasteiger partial charge >= 0.3 is 0 Å². The number of para-hydroxylation sites is 1. The molecule has 2 rings (SSSR count). The van der Waals surface area contributed by atoms with Gasteiger partial charge in [0.1, 0.15) is 23.1 Å². The topological polar surface area (TPSA) is 64.7 Å². The molecule has 0 heterocycles. The van der Waals surface area contributed by atoms with Gasteiger partial charge in [0.15, 0.2) is 0 Å². The van der Waals surface area contributed by atoms with E-state index in [1.165, 1.54) is 0 Å². The summed E-state index contributed by atoms with van der Waals surface area (Å²) >= 11 is 4.97. The van der Waals surface area contributed by atoms with Gasteiger partial charge in [0, 0.05) is 5.56 Å². The molecular formula is C16H17NO3S. The Bertz CT molecular complexity index is 643. The first-order chi connectivity index (χ1) is 10.2. The van der Waals surface area contributed by atoms with Crippen molar-refractivity contribution in [3.63, 3.8) is 0 Å². The van der Waals surface area contributed by atoms with Crippen molar-refractivity contribution in [2.24, 2.45) is 5.73 Å². The Hall–Kier alpha value is -2.11. The maximum absolute atomic E-state index is 9.27. The molecule has 0 aliphatic carbocycles. The van der Waals surface area contributed by atoms with Gasteiger partial charge in [-0.3, -0.25) is 0 Å². The van der Waals surface area contributed by atoms with Crippen LogP contribution in [0.4, 0.5) is 0 Å². The standard InChI is InChI=1S/C16H17NO3S/c1-19-15-8-11(6-7-13(15)16(17)21)10-20-14-5-3-2-4-12(14)9-18/h2-8,18H,9-10H2,1H3,(H2,17,21). The minimum absolute atomic E-state index is 0.0557. The molecule has 0 fully saturated rings. The van der Waals surface area contributed by atoms with Crippen molar-refractivity contribution < 1.29 is 14.6 Å². The second kappa shape index (κ2) is 7.06. The lowest BCUT2D eigenvalue weighted by Gasteiger charge is -2.12. The van der Waals surface area contributed by atoms with Crippen LogP contribution in [0.15, 0.2) is 42.5 Å². The molecule has 0 bridgehead atoms. The Balaban J connectivity index is 2.15. The lowest BCUT2D eigenvalue weighted by Crippen LogP contribution is -2.11. The van der Waals surface area contributed by atoms with Crippen LogP contribution in [0.25, 0.3) is 0 Å². The number of hydrogen-bond donors (Lipinski definition) is 2. The van der Waals surface area contributed by atoms with Crippen LogP contribution in [0.1, 0.15) is 16.7 Å². The minimum Gasteiger partial charge on any atom is -0.496 e. The van der Waals surface area contributed by atoms with Crippen molar-refractivity contribution in [1.29, 1.82) is 0 Å². The van der Waals surface area contributed by atoms with Gasteiger partial charge in [-0.05, 0) is 23.8 Å². The predicted molar refractivity (Wildman–Crippen MR) is 85.6 cm³/mol. The van der Waals surface area contributed by atoms with Gasteiger partial charge < -0.3 is 20.3 Å². The van der Waals surface area contributed by atoms with Crippen LogP contribution in [0, 0.1) is 0 Å². The van der Waals surface area contributed by atoms with Gasteiger partial charge in [-0.2, -0.15) is 0 Å². The predicted octanol–water partition coefficient (Wildman–Crippen LogP) is 2.40. The summed E-state index contributed by atoms with van der Waals surface area (Å²) in [5.41, 5.74) is 8.02. The van der Waals surface area contributed by atoms with Crippen LogP contribution in [-0.4, -0.2) is 17.2 Å². The van der Waals surface area contributed by atoms with Gasteiger partial charge in [0.2, 0.25) is 0 Å². The van der Waals surface area contributed by atoms with Crippen molar-refractivity contribution >= 4 is 17.2 Å². The maximum atomic E-state index is 9.27. The molecule has 0 aliphatic rings. The highest BCUT2D eigenvalue weighted by Gasteiger charge is 2.08. The van der Waals surface area contributed by atoms with E-state index >= 15 is 0 Å². The maximum Gasteiger partial charge on any atom is 0.129 e. The molecule has 0 aliphatic heterocycles. The number of aliphatic hydroxyl groups excluding tert-OH is 1. The normalized spacial score (nSPS) is 10.2. The van der Waals surface area contributed by atoms with Crippen LogP contribution in [-0.2, 0) is 13.2 Å². The largest absolute Gasteiger partial charge is 0.496 e. The van der Waals surface area contributed by atoms with Gasteiger partial charge in [-0.25, -0.2) is 0 Å². The van der Waals surface area contributed by atoms with Crippen LogP contribution in [0.5, 0.6) is 11.5 Å². The van der Waals surface area contributed by atoms with Gasteiger partial charge in [-0.1, -0.05) is 36.5 Å². The molecular weight excluding hydrogens is 286 g/mol. The zero-order chi connectivity index (χ0) is 15.2. The summed E-state index contributed by atoms with van der Waals surface area (Å²) in [4.78, 5) is 0.296. The fraction of sp³-hybridized carbons (Fsp3) is 0.188. The van der Waals surface area contributed by atoms with E-state index in [0.717, 1.165) is 11.1 Å². The quantitative estimate of drug-likeness (QED) is 0.802. The smallest absolute Gasteiger partial charge is 0.129 e. The average molecular weight is 303 g/mol. The van der Waals surface area contributed by atoms with E-state index in [0.29, 0.717) is 28.7 Å². The lowest BCUT2D eigenvalue weighted by molar-refractivity contribution is 0.259. The third-order valence-corrected chi connectivity index (χ3v) is 3.29. The van der Waals surface area contributed by atoms with E-state index in [2.05, 4.69) is 0 Å². The Morgan fingerprint density at radius 3 is 2.62 bits per heavy atom. The highest BCUT2D eigenvalue weighted by Crippen LogP contribution is 2.23. The minimum atomic E-state index is -0.0557. The molecule has 0 saturated carbocycles. The number of aliphatic hydroxyl groups is 1. The Morgan fingerprint density at radius 2 is 1.95 bits per heavy atom. The highest BCUT2D eigenvalue weighted by atomic mass is 32.1. The van der Waals surface area contributed by atoms with Crippen molar-refractivity contribution in [3.8, 4) is 11.5 Å². The van der Waals surface area contributed by atoms with Crippen LogP contribution in [0.3, 0.4) is 0 Å². The molecule has 0 spiro atoms. The summed E-state index contributed by atoms with van der Waals surface area (Å²) in [6.45, 7) is 0.310. The average Bonchev–Trinajstić information content (AvgIpc) is 2.52. The molecule has 4 nitrogen and oxygen atoms in total. The zero-order valence-electron chi connectivity index (χ0n) is 11.7. The zero-order valence-corrected chi connectivity index (χ0v) is 12.5. The number of hydrogen-bond acceptors (Lipinski definition) is 4. The number of thiocarbonyl (C=S) groups is 1. The fourth-order valence-electron chi connectivity index (χ4n) is 1.97. The summed E-state index contributed by atoms with van der Waals surface area (Å²) in [5.74, 6) is 1.29. The van der Waals surface area contributed by atoms with E-state index in [1.807, 2.05) is 42.5 Å². The molecule has 3 N–H and O–H groups in total. The van der Waals surface area contributed by atoms with Crippen LogP contribution >= 0.6 is 12.2 Å². The van der Waals surface area contributed by atoms with E-state index in [9.17, 15) is 5.11 Å². The molecule has 2 aromatic rings. The second-order valence-electron chi connectivity index (χ2n) is 4.45. The molecule has 5 heteroatoms. The molecule has 0 aromatic heterocycles.